The largest absolute Gasteiger partial charge is 0.465 e. The lowest BCUT2D eigenvalue weighted by atomic mass is 9.95. The van der Waals surface area contributed by atoms with Crippen LogP contribution in [0.4, 0.5) is 10.7 Å². The van der Waals surface area contributed by atoms with Gasteiger partial charge in [-0.1, -0.05) is 48.0 Å². The van der Waals surface area contributed by atoms with Crippen LogP contribution in [-0.4, -0.2) is 36.6 Å². The Morgan fingerprint density at radius 3 is 2.44 bits per heavy atom. The maximum atomic E-state index is 13.4. The van der Waals surface area contributed by atoms with Crippen LogP contribution in [-0.2, 0) is 27.2 Å². The zero-order valence-electron chi connectivity index (χ0n) is 24.4. The van der Waals surface area contributed by atoms with Gasteiger partial charge in [-0.25, -0.2) is 4.79 Å². The van der Waals surface area contributed by atoms with Gasteiger partial charge in [0.05, 0.1) is 18.4 Å². The summed E-state index contributed by atoms with van der Waals surface area (Å²) < 4.78 is 5.00. The summed E-state index contributed by atoms with van der Waals surface area (Å²) in [6.07, 6.45) is 5.32. The first-order valence-electron chi connectivity index (χ1n) is 14.2. The van der Waals surface area contributed by atoms with Crippen molar-refractivity contribution in [3.8, 4) is 0 Å². The number of halogens is 1. The topological polar surface area (TPSA) is 114 Å². The molecule has 230 valence electrons. The van der Waals surface area contributed by atoms with Gasteiger partial charge in [-0.2, -0.15) is 0 Å². The number of aryl methyl sites for hydroxylation is 1. The van der Waals surface area contributed by atoms with E-state index in [0.717, 1.165) is 41.0 Å². The second-order valence-corrected chi connectivity index (χ2v) is 12.7. The van der Waals surface area contributed by atoms with Crippen molar-refractivity contribution in [3.05, 3.63) is 117 Å². The van der Waals surface area contributed by atoms with E-state index in [0.29, 0.717) is 32.4 Å². The van der Waals surface area contributed by atoms with Crippen molar-refractivity contribution in [2.45, 2.75) is 30.6 Å². The number of carbonyl (C=O) groups excluding carboxylic acids is 4. The number of thiophene rings is 1. The molecule has 0 spiro atoms. The van der Waals surface area contributed by atoms with E-state index in [4.69, 9.17) is 16.3 Å². The highest BCUT2D eigenvalue weighted by molar-refractivity contribution is 8.00. The van der Waals surface area contributed by atoms with Gasteiger partial charge in [0.15, 0.2) is 0 Å². The third-order valence-corrected chi connectivity index (χ3v) is 9.44. The molecule has 1 aromatic heterocycles. The van der Waals surface area contributed by atoms with Crippen LogP contribution in [0.25, 0.3) is 6.08 Å². The molecular weight excluding hydrogens is 630 g/mol. The first-order valence-corrected chi connectivity index (χ1v) is 16.4. The Balaban J connectivity index is 1.26. The number of amides is 3. The molecule has 0 atom stereocenters. The number of methoxy groups -OCH3 is 1. The summed E-state index contributed by atoms with van der Waals surface area (Å²) in [6.45, 7) is 0. The van der Waals surface area contributed by atoms with Crippen molar-refractivity contribution < 1.29 is 23.9 Å². The fourth-order valence-electron chi connectivity index (χ4n) is 4.81. The maximum Gasteiger partial charge on any atom is 0.341 e. The van der Waals surface area contributed by atoms with Crippen molar-refractivity contribution in [3.63, 3.8) is 0 Å². The molecule has 4 aromatic rings. The molecule has 0 saturated carbocycles. The summed E-state index contributed by atoms with van der Waals surface area (Å²) in [7, 11) is 1.34. The first kappa shape index (κ1) is 32.0. The molecule has 45 heavy (non-hydrogen) atoms. The van der Waals surface area contributed by atoms with Crippen LogP contribution in [0.2, 0.25) is 5.02 Å². The minimum absolute atomic E-state index is 0.0451. The molecule has 1 aliphatic rings. The fourth-order valence-corrected chi connectivity index (χ4v) is 6.99. The van der Waals surface area contributed by atoms with Crippen molar-refractivity contribution in [1.82, 2.24) is 5.32 Å². The number of benzene rings is 3. The van der Waals surface area contributed by atoms with E-state index >= 15 is 0 Å². The molecule has 3 N–H and O–H groups in total. The van der Waals surface area contributed by atoms with Crippen LogP contribution in [0.15, 0.2) is 89.5 Å². The standard InChI is InChI=1S/C34H30ClN3O5S2/c1-43-34(42)30-26-12-5-6-13-28(26)45-33(30)38-29(39)20-44-25-11-7-10-24(19-25)36-32(41)27(18-21-14-16-23(35)17-15-21)37-31(40)22-8-3-2-4-9-22/h2-4,7-11,14-19H,5-6,12-13,20H2,1H3,(H,36,41)(H,37,40)(H,38,39)/b27-18-. The van der Waals surface area contributed by atoms with E-state index < -0.39 is 17.8 Å². The van der Waals surface area contributed by atoms with Gasteiger partial charge in [-0.3, -0.25) is 14.4 Å². The number of ether oxygens (including phenoxy) is 1. The molecule has 0 radical (unpaired) electrons. The number of fused-ring (bicyclic) bond motifs is 1. The van der Waals surface area contributed by atoms with Crippen molar-refractivity contribution in [2.75, 3.05) is 23.5 Å². The molecule has 0 saturated heterocycles. The molecular formula is C34H30ClN3O5S2. The van der Waals surface area contributed by atoms with Crippen LogP contribution >= 0.6 is 34.7 Å². The molecule has 5 rings (SSSR count). The summed E-state index contributed by atoms with van der Waals surface area (Å²) >= 11 is 8.75. The molecule has 3 aromatic carbocycles. The van der Waals surface area contributed by atoms with Gasteiger partial charge in [-0.15, -0.1) is 23.1 Å². The first-order chi connectivity index (χ1) is 21.8. The third kappa shape index (κ3) is 8.42. The summed E-state index contributed by atoms with van der Waals surface area (Å²) in [6, 6.07) is 22.6. The number of carbonyl (C=O) groups is 4. The Morgan fingerprint density at radius 2 is 1.69 bits per heavy atom. The predicted molar refractivity (Wildman–Crippen MR) is 180 cm³/mol. The SMILES string of the molecule is COC(=O)c1c(NC(=O)CSc2cccc(NC(=O)/C(=C/c3ccc(Cl)cc3)NC(=O)c3ccccc3)c2)sc2c1CCCC2. The molecule has 0 fully saturated rings. The second-order valence-electron chi connectivity index (χ2n) is 10.2. The highest BCUT2D eigenvalue weighted by atomic mass is 35.5. The summed E-state index contributed by atoms with van der Waals surface area (Å²) in [5.41, 5.74) is 3.06. The molecule has 3 amide bonds. The number of esters is 1. The van der Waals surface area contributed by atoms with Gasteiger partial charge in [0.25, 0.3) is 11.8 Å². The second kappa shape index (κ2) is 15.1. The predicted octanol–water partition coefficient (Wildman–Crippen LogP) is 7.21. The van der Waals surface area contributed by atoms with Crippen molar-refractivity contribution in [2.24, 2.45) is 0 Å². The van der Waals surface area contributed by atoms with Gasteiger partial charge >= 0.3 is 5.97 Å². The quantitative estimate of drug-likeness (QED) is 0.0942. The van der Waals surface area contributed by atoms with Crippen LogP contribution < -0.4 is 16.0 Å². The molecule has 1 aliphatic carbocycles. The molecule has 0 unspecified atom stereocenters. The van der Waals surface area contributed by atoms with E-state index in [-0.39, 0.29) is 17.4 Å². The summed E-state index contributed by atoms with van der Waals surface area (Å²) in [5, 5.41) is 9.54. The Bertz CT molecular complexity index is 1750. The number of hydrogen-bond acceptors (Lipinski definition) is 7. The average molecular weight is 660 g/mol. The van der Waals surface area contributed by atoms with Crippen molar-refractivity contribution >= 4 is 75.2 Å². The molecule has 0 bridgehead atoms. The molecule has 11 heteroatoms. The maximum absolute atomic E-state index is 13.4. The molecule has 1 heterocycles. The zero-order valence-corrected chi connectivity index (χ0v) is 26.7. The normalized spacial score (nSPS) is 12.5. The lowest BCUT2D eigenvalue weighted by Crippen LogP contribution is -2.30. The number of nitrogens with one attached hydrogen (secondary N) is 3. The highest BCUT2D eigenvalue weighted by Gasteiger charge is 2.27. The van der Waals surface area contributed by atoms with Crippen molar-refractivity contribution in [1.29, 1.82) is 0 Å². The van der Waals surface area contributed by atoms with Gasteiger partial charge in [0.2, 0.25) is 5.91 Å². The van der Waals surface area contributed by atoms with E-state index in [1.54, 1.807) is 78.9 Å². The Kier molecular flexibility index (Phi) is 10.7. The van der Waals surface area contributed by atoms with Gasteiger partial charge < -0.3 is 20.7 Å². The number of thioether (sulfide) groups is 1. The lowest BCUT2D eigenvalue weighted by Gasteiger charge is -2.12. The van der Waals surface area contributed by atoms with Gasteiger partial charge in [0, 0.05) is 26.0 Å². The van der Waals surface area contributed by atoms with Crippen LogP contribution in [0.1, 0.15) is 49.6 Å². The lowest BCUT2D eigenvalue weighted by molar-refractivity contribution is -0.114. The van der Waals surface area contributed by atoms with Crippen LogP contribution in [0, 0.1) is 0 Å². The van der Waals surface area contributed by atoms with E-state index in [9.17, 15) is 19.2 Å². The number of rotatable bonds is 10. The van der Waals surface area contributed by atoms with Gasteiger partial charge in [0.1, 0.15) is 10.7 Å². The Labute approximate surface area is 274 Å². The minimum Gasteiger partial charge on any atom is -0.465 e. The zero-order chi connectivity index (χ0) is 31.8. The van der Waals surface area contributed by atoms with E-state index in [1.165, 1.54) is 30.2 Å². The van der Waals surface area contributed by atoms with E-state index in [1.807, 2.05) is 6.07 Å². The number of hydrogen-bond donors (Lipinski definition) is 3. The summed E-state index contributed by atoms with van der Waals surface area (Å²) in [5.74, 6) is -1.55. The summed E-state index contributed by atoms with van der Waals surface area (Å²) in [4.78, 5) is 53.6. The monoisotopic (exact) mass is 659 g/mol. The Morgan fingerprint density at radius 1 is 0.933 bits per heavy atom. The van der Waals surface area contributed by atoms with E-state index in [2.05, 4.69) is 16.0 Å². The Hall–Kier alpha value is -4.38. The van der Waals surface area contributed by atoms with Gasteiger partial charge in [-0.05, 0) is 85.4 Å². The fraction of sp³-hybridized carbons (Fsp3) is 0.176. The average Bonchev–Trinajstić information content (AvgIpc) is 3.42. The minimum atomic E-state index is -0.522. The molecule has 8 nitrogen and oxygen atoms in total. The van der Waals surface area contributed by atoms with Crippen LogP contribution in [0.5, 0.6) is 0 Å². The third-order valence-electron chi connectivity index (χ3n) is 6.99. The smallest absolute Gasteiger partial charge is 0.341 e. The number of anilines is 2. The molecule has 0 aliphatic heterocycles. The van der Waals surface area contributed by atoms with Crippen LogP contribution in [0.3, 0.4) is 0 Å². The highest BCUT2D eigenvalue weighted by Crippen LogP contribution is 2.38.